The number of hydrogen-bond donors (Lipinski definition) is 1. The summed E-state index contributed by atoms with van der Waals surface area (Å²) in [7, 11) is 0. The number of halogens is 2. The minimum absolute atomic E-state index is 0.823. The third kappa shape index (κ3) is 3.53. The quantitative estimate of drug-likeness (QED) is 0.691. The zero-order chi connectivity index (χ0) is 13.0. The van der Waals surface area contributed by atoms with Crippen LogP contribution in [0.4, 0.5) is 5.69 Å². The Morgan fingerprint density at radius 2 is 1.83 bits per heavy atom. The van der Waals surface area contributed by atoms with Gasteiger partial charge < -0.3 is 5.32 Å². The molecule has 94 valence electrons. The molecule has 18 heavy (non-hydrogen) atoms. The van der Waals surface area contributed by atoms with Crippen molar-refractivity contribution in [1.29, 1.82) is 0 Å². The lowest BCUT2D eigenvalue weighted by molar-refractivity contribution is 1.13. The molecule has 1 N–H and O–H groups in total. The molecule has 0 aliphatic carbocycles. The average Bonchev–Trinajstić information content (AvgIpc) is 2.40. The van der Waals surface area contributed by atoms with Gasteiger partial charge in [-0.1, -0.05) is 18.2 Å². The lowest BCUT2D eigenvalue weighted by Crippen LogP contribution is -2.00. The highest BCUT2D eigenvalue weighted by atomic mass is 79.9. The zero-order valence-electron chi connectivity index (χ0n) is 9.91. The van der Waals surface area contributed by atoms with Crippen molar-refractivity contribution < 1.29 is 0 Å². The molecule has 4 heteroatoms. The van der Waals surface area contributed by atoms with Crippen LogP contribution >= 0.6 is 43.6 Å². The van der Waals surface area contributed by atoms with Gasteiger partial charge in [0, 0.05) is 26.1 Å². The number of para-hydroxylation sites is 1. The lowest BCUT2D eigenvalue weighted by Gasteiger charge is -2.10. The Hall–Kier alpha value is -0.450. The molecular formula is C14H13Br2NS. The first kappa shape index (κ1) is 14.0. The summed E-state index contributed by atoms with van der Waals surface area (Å²) in [6.45, 7) is 0.823. The summed E-state index contributed by atoms with van der Waals surface area (Å²) in [4.78, 5) is 1.27. The molecule has 0 bridgehead atoms. The summed E-state index contributed by atoms with van der Waals surface area (Å²) in [5, 5.41) is 3.47. The van der Waals surface area contributed by atoms with Gasteiger partial charge in [0.1, 0.15) is 0 Å². The van der Waals surface area contributed by atoms with Crippen LogP contribution in [0, 0.1) is 0 Å². The molecule has 0 aromatic heterocycles. The fourth-order valence-electron chi connectivity index (χ4n) is 1.64. The van der Waals surface area contributed by atoms with E-state index in [0.29, 0.717) is 0 Å². The SMILES string of the molecule is CSc1ccccc1NCc1ccc(Br)c(Br)c1. The predicted octanol–water partition coefficient (Wildman–Crippen LogP) is 5.55. The smallest absolute Gasteiger partial charge is 0.0480 e. The van der Waals surface area contributed by atoms with Gasteiger partial charge in [0.05, 0.1) is 0 Å². The predicted molar refractivity (Wildman–Crippen MR) is 87.4 cm³/mol. The van der Waals surface area contributed by atoms with Crippen LogP contribution in [0.5, 0.6) is 0 Å². The zero-order valence-corrected chi connectivity index (χ0v) is 13.9. The monoisotopic (exact) mass is 385 g/mol. The summed E-state index contributed by atoms with van der Waals surface area (Å²) in [5.74, 6) is 0. The van der Waals surface area contributed by atoms with E-state index in [2.05, 4.69) is 85.9 Å². The second-order valence-electron chi connectivity index (χ2n) is 3.80. The number of hydrogen-bond acceptors (Lipinski definition) is 2. The maximum absolute atomic E-state index is 3.52. The van der Waals surface area contributed by atoms with Crippen LogP contribution in [0.3, 0.4) is 0 Å². The molecule has 0 spiro atoms. The fourth-order valence-corrected chi connectivity index (χ4v) is 2.89. The normalized spacial score (nSPS) is 10.4. The molecule has 0 aliphatic rings. The van der Waals surface area contributed by atoms with Gasteiger partial charge in [-0.2, -0.15) is 0 Å². The molecule has 1 nitrogen and oxygen atoms in total. The molecule has 0 saturated heterocycles. The molecule has 0 heterocycles. The highest BCUT2D eigenvalue weighted by molar-refractivity contribution is 9.13. The van der Waals surface area contributed by atoms with Gasteiger partial charge in [-0.25, -0.2) is 0 Å². The summed E-state index contributed by atoms with van der Waals surface area (Å²) in [5.41, 5.74) is 2.44. The van der Waals surface area contributed by atoms with E-state index in [9.17, 15) is 0 Å². The molecule has 0 atom stereocenters. The Morgan fingerprint density at radius 1 is 1.06 bits per heavy atom. The van der Waals surface area contributed by atoms with Gasteiger partial charge >= 0.3 is 0 Å². The lowest BCUT2D eigenvalue weighted by atomic mass is 10.2. The number of rotatable bonds is 4. The molecule has 0 aliphatic heterocycles. The van der Waals surface area contributed by atoms with Crippen molar-refractivity contribution in [3.63, 3.8) is 0 Å². The van der Waals surface area contributed by atoms with Gasteiger partial charge in [0.2, 0.25) is 0 Å². The first-order chi connectivity index (χ1) is 8.70. The topological polar surface area (TPSA) is 12.0 Å². The first-order valence-corrected chi connectivity index (χ1v) is 8.32. The molecular weight excluding hydrogens is 374 g/mol. The van der Waals surface area contributed by atoms with E-state index in [4.69, 9.17) is 0 Å². The molecule has 2 aromatic carbocycles. The largest absolute Gasteiger partial charge is 0.380 e. The molecule has 0 saturated carbocycles. The van der Waals surface area contributed by atoms with E-state index in [0.717, 1.165) is 15.5 Å². The summed E-state index contributed by atoms with van der Waals surface area (Å²) < 4.78 is 2.16. The minimum Gasteiger partial charge on any atom is -0.380 e. The Bertz CT molecular complexity index is 543. The Morgan fingerprint density at radius 3 is 2.56 bits per heavy atom. The average molecular weight is 387 g/mol. The van der Waals surface area contributed by atoms with Crippen LogP contribution in [0.25, 0.3) is 0 Å². The Balaban J connectivity index is 2.09. The van der Waals surface area contributed by atoms with Crippen molar-refractivity contribution in [2.24, 2.45) is 0 Å². The van der Waals surface area contributed by atoms with Crippen molar-refractivity contribution in [3.8, 4) is 0 Å². The highest BCUT2D eigenvalue weighted by Crippen LogP contribution is 2.27. The number of nitrogens with one attached hydrogen (secondary N) is 1. The van der Waals surface area contributed by atoms with Crippen LogP contribution in [0.15, 0.2) is 56.3 Å². The molecule has 0 amide bonds. The molecule has 0 fully saturated rings. The van der Waals surface area contributed by atoms with Crippen LogP contribution in [-0.4, -0.2) is 6.26 Å². The van der Waals surface area contributed by atoms with Crippen LogP contribution in [-0.2, 0) is 6.54 Å². The maximum atomic E-state index is 3.52. The molecule has 2 rings (SSSR count). The molecule has 0 unspecified atom stereocenters. The van der Waals surface area contributed by atoms with Crippen molar-refractivity contribution in [3.05, 3.63) is 57.0 Å². The summed E-state index contributed by atoms with van der Waals surface area (Å²) >= 11 is 8.76. The van der Waals surface area contributed by atoms with E-state index in [1.807, 2.05) is 0 Å². The van der Waals surface area contributed by atoms with E-state index in [1.54, 1.807) is 11.8 Å². The Kier molecular flexibility index (Phi) is 5.15. The molecule has 2 aromatic rings. The summed E-state index contributed by atoms with van der Waals surface area (Å²) in [6.07, 6.45) is 2.09. The molecule has 0 radical (unpaired) electrons. The second kappa shape index (κ2) is 6.64. The van der Waals surface area contributed by atoms with Crippen molar-refractivity contribution in [2.45, 2.75) is 11.4 Å². The minimum atomic E-state index is 0.823. The van der Waals surface area contributed by atoms with E-state index < -0.39 is 0 Å². The highest BCUT2D eigenvalue weighted by Gasteiger charge is 2.01. The third-order valence-corrected chi connectivity index (χ3v) is 5.25. The van der Waals surface area contributed by atoms with Gasteiger partial charge in [-0.3, -0.25) is 0 Å². The van der Waals surface area contributed by atoms with Gasteiger partial charge in [-0.15, -0.1) is 11.8 Å². The van der Waals surface area contributed by atoms with E-state index in [-0.39, 0.29) is 0 Å². The second-order valence-corrected chi connectivity index (χ2v) is 6.36. The van der Waals surface area contributed by atoms with Gasteiger partial charge in [-0.05, 0) is 67.9 Å². The third-order valence-electron chi connectivity index (χ3n) is 2.57. The van der Waals surface area contributed by atoms with E-state index in [1.165, 1.54) is 16.1 Å². The van der Waals surface area contributed by atoms with Crippen LogP contribution in [0.2, 0.25) is 0 Å². The fraction of sp³-hybridized carbons (Fsp3) is 0.143. The van der Waals surface area contributed by atoms with Crippen molar-refractivity contribution in [2.75, 3.05) is 11.6 Å². The van der Waals surface area contributed by atoms with Gasteiger partial charge in [0.15, 0.2) is 0 Å². The number of benzene rings is 2. The van der Waals surface area contributed by atoms with Crippen molar-refractivity contribution in [1.82, 2.24) is 0 Å². The summed E-state index contributed by atoms with van der Waals surface area (Å²) in [6, 6.07) is 14.7. The maximum Gasteiger partial charge on any atom is 0.0480 e. The number of thioether (sulfide) groups is 1. The number of anilines is 1. The Labute approximate surface area is 129 Å². The van der Waals surface area contributed by atoms with Crippen molar-refractivity contribution >= 4 is 49.3 Å². The van der Waals surface area contributed by atoms with Crippen LogP contribution < -0.4 is 5.32 Å². The standard InChI is InChI=1S/C14H13Br2NS/c1-18-14-5-3-2-4-13(14)17-9-10-6-7-11(15)12(16)8-10/h2-8,17H,9H2,1H3. The van der Waals surface area contributed by atoms with Gasteiger partial charge in [0.25, 0.3) is 0 Å². The van der Waals surface area contributed by atoms with E-state index >= 15 is 0 Å². The van der Waals surface area contributed by atoms with Crippen LogP contribution in [0.1, 0.15) is 5.56 Å². The first-order valence-electron chi connectivity index (χ1n) is 5.51.